The number of aromatic amines is 1. The molecule has 1 aromatic rings. The third kappa shape index (κ3) is 2.57. The predicted molar refractivity (Wildman–Crippen MR) is 68.8 cm³/mol. The summed E-state index contributed by atoms with van der Waals surface area (Å²) in [7, 11) is -3.38. The zero-order valence-electron chi connectivity index (χ0n) is 10.8. The average molecular weight is 272 g/mol. The van der Waals surface area contributed by atoms with Gasteiger partial charge in [-0.25, -0.2) is 8.42 Å². The van der Waals surface area contributed by atoms with Gasteiger partial charge >= 0.3 is 0 Å². The van der Waals surface area contributed by atoms with Crippen LogP contribution in [-0.4, -0.2) is 48.6 Å². The van der Waals surface area contributed by atoms with Crippen LogP contribution < -0.4 is 5.32 Å². The smallest absolute Gasteiger partial charge is 0.246 e. The van der Waals surface area contributed by atoms with Crippen LogP contribution in [0.2, 0.25) is 0 Å². The Balaban J connectivity index is 2.08. The molecule has 7 heteroatoms. The lowest BCUT2D eigenvalue weighted by molar-refractivity contribution is 0.292. The Morgan fingerprint density at radius 2 is 2.17 bits per heavy atom. The largest absolute Gasteiger partial charge is 0.314 e. The van der Waals surface area contributed by atoms with Crippen LogP contribution in [-0.2, 0) is 10.0 Å². The fourth-order valence-corrected chi connectivity index (χ4v) is 3.92. The first-order valence-electron chi connectivity index (χ1n) is 6.29. The lowest BCUT2D eigenvalue weighted by Crippen LogP contribution is -2.44. The normalized spacial score (nSPS) is 19.2. The maximum absolute atomic E-state index is 12.4. The number of nitrogens with zero attached hydrogens (tertiary/aromatic N) is 2. The number of sulfonamides is 1. The quantitative estimate of drug-likeness (QED) is 0.835. The second-order valence-electron chi connectivity index (χ2n) is 4.60. The summed E-state index contributed by atoms with van der Waals surface area (Å²) in [5.74, 6) is 0. The molecule has 1 saturated heterocycles. The molecule has 0 amide bonds. The molecule has 102 valence electrons. The molecule has 1 aliphatic rings. The van der Waals surface area contributed by atoms with Gasteiger partial charge in [0.1, 0.15) is 4.90 Å². The summed E-state index contributed by atoms with van der Waals surface area (Å²) < 4.78 is 26.3. The van der Waals surface area contributed by atoms with Gasteiger partial charge in [-0.1, -0.05) is 6.92 Å². The van der Waals surface area contributed by atoms with E-state index in [-0.39, 0.29) is 0 Å². The molecule has 0 aliphatic carbocycles. The van der Waals surface area contributed by atoms with E-state index in [0.29, 0.717) is 29.7 Å². The molecule has 2 rings (SSSR count). The molecule has 0 atom stereocenters. The van der Waals surface area contributed by atoms with Crippen molar-refractivity contribution in [3.63, 3.8) is 0 Å². The third-order valence-corrected chi connectivity index (χ3v) is 5.36. The fraction of sp³-hybridized carbons (Fsp3) is 0.727. The van der Waals surface area contributed by atoms with E-state index in [9.17, 15) is 8.42 Å². The zero-order valence-corrected chi connectivity index (χ0v) is 11.6. The molecule has 6 nitrogen and oxygen atoms in total. The van der Waals surface area contributed by atoms with Crippen LogP contribution in [0.1, 0.15) is 25.5 Å². The Bertz CT molecular complexity index is 489. The van der Waals surface area contributed by atoms with Crippen LogP contribution in [0.25, 0.3) is 0 Å². The number of rotatable bonds is 4. The lowest BCUT2D eigenvalue weighted by Gasteiger charge is -2.31. The van der Waals surface area contributed by atoms with Crippen LogP contribution in [0.4, 0.5) is 0 Å². The van der Waals surface area contributed by atoms with E-state index < -0.39 is 10.0 Å². The molecule has 0 aromatic carbocycles. The van der Waals surface area contributed by atoms with Gasteiger partial charge in [-0.05, 0) is 26.3 Å². The van der Waals surface area contributed by atoms with E-state index >= 15 is 0 Å². The minimum Gasteiger partial charge on any atom is -0.314 e. The van der Waals surface area contributed by atoms with Crippen molar-refractivity contribution in [2.24, 2.45) is 0 Å². The van der Waals surface area contributed by atoms with E-state index in [1.165, 1.54) is 6.20 Å². The van der Waals surface area contributed by atoms with Gasteiger partial charge in [-0.15, -0.1) is 0 Å². The standard InChI is InChI=1S/C11H20N4O2S/c1-3-12-10-4-6-15(7-5-10)18(16,17)11-8-13-14-9(11)2/h8,10,12H,3-7H2,1-2H3,(H,13,14). The predicted octanol–water partition coefficient (Wildman–Crippen LogP) is 0.481. The molecule has 0 bridgehead atoms. The second kappa shape index (κ2) is 5.38. The van der Waals surface area contributed by atoms with Gasteiger partial charge in [-0.2, -0.15) is 9.40 Å². The SMILES string of the molecule is CCNC1CCN(S(=O)(=O)c2cn[nH]c2C)CC1. The van der Waals surface area contributed by atoms with Crippen LogP contribution in [0.15, 0.2) is 11.1 Å². The van der Waals surface area contributed by atoms with Crippen molar-refractivity contribution in [2.45, 2.75) is 37.6 Å². The summed E-state index contributed by atoms with van der Waals surface area (Å²) in [6, 6.07) is 0.437. The fourth-order valence-electron chi connectivity index (χ4n) is 2.33. The van der Waals surface area contributed by atoms with Gasteiger partial charge in [0, 0.05) is 19.1 Å². The second-order valence-corrected chi connectivity index (χ2v) is 6.50. The molecule has 1 aromatic heterocycles. The topological polar surface area (TPSA) is 78.1 Å². The maximum atomic E-state index is 12.4. The van der Waals surface area contributed by atoms with Gasteiger partial charge in [0.2, 0.25) is 10.0 Å². The monoisotopic (exact) mass is 272 g/mol. The van der Waals surface area contributed by atoms with Crippen molar-refractivity contribution >= 4 is 10.0 Å². The lowest BCUT2D eigenvalue weighted by atomic mass is 10.1. The summed E-state index contributed by atoms with van der Waals surface area (Å²) in [5.41, 5.74) is 0.601. The van der Waals surface area contributed by atoms with Crippen molar-refractivity contribution < 1.29 is 8.42 Å². The van der Waals surface area contributed by atoms with Crippen LogP contribution >= 0.6 is 0 Å². The Morgan fingerprint density at radius 1 is 1.50 bits per heavy atom. The number of aromatic nitrogens is 2. The van der Waals surface area contributed by atoms with Crippen LogP contribution in [0.5, 0.6) is 0 Å². The Labute approximate surface area is 108 Å². The van der Waals surface area contributed by atoms with Crippen molar-refractivity contribution in [2.75, 3.05) is 19.6 Å². The Hall–Kier alpha value is -0.920. The van der Waals surface area contributed by atoms with Gasteiger partial charge in [0.05, 0.1) is 11.9 Å². The molecule has 1 fully saturated rings. The molecule has 18 heavy (non-hydrogen) atoms. The van der Waals surface area contributed by atoms with Gasteiger partial charge in [0.25, 0.3) is 0 Å². The number of hydrogen-bond donors (Lipinski definition) is 2. The highest BCUT2D eigenvalue weighted by molar-refractivity contribution is 7.89. The number of piperidine rings is 1. The van der Waals surface area contributed by atoms with Gasteiger partial charge in [-0.3, -0.25) is 5.10 Å². The summed E-state index contributed by atoms with van der Waals surface area (Å²) in [6.07, 6.45) is 3.12. The van der Waals surface area contributed by atoms with Crippen LogP contribution in [0, 0.1) is 6.92 Å². The highest BCUT2D eigenvalue weighted by Crippen LogP contribution is 2.21. The summed E-state index contributed by atoms with van der Waals surface area (Å²) in [4.78, 5) is 0.296. The van der Waals surface area contributed by atoms with Crippen molar-refractivity contribution in [1.29, 1.82) is 0 Å². The molecule has 2 heterocycles. The molecular formula is C11H20N4O2S. The molecule has 0 radical (unpaired) electrons. The first kappa shape index (κ1) is 13.5. The van der Waals surface area contributed by atoms with Crippen molar-refractivity contribution in [1.82, 2.24) is 19.8 Å². The van der Waals surface area contributed by atoms with Crippen molar-refractivity contribution in [3.05, 3.63) is 11.9 Å². The molecular weight excluding hydrogens is 252 g/mol. The molecule has 0 spiro atoms. The van der Waals surface area contributed by atoms with E-state index in [4.69, 9.17) is 0 Å². The number of aryl methyl sites for hydroxylation is 1. The highest BCUT2D eigenvalue weighted by Gasteiger charge is 2.30. The zero-order chi connectivity index (χ0) is 13.2. The molecule has 0 unspecified atom stereocenters. The van der Waals surface area contributed by atoms with E-state index in [1.54, 1.807) is 11.2 Å². The maximum Gasteiger partial charge on any atom is 0.246 e. The first-order valence-corrected chi connectivity index (χ1v) is 7.73. The minimum atomic E-state index is -3.38. The first-order chi connectivity index (χ1) is 8.55. The van der Waals surface area contributed by atoms with Gasteiger partial charge < -0.3 is 5.32 Å². The van der Waals surface area contributed by atoms with Crippen molar-refractivity contribution in [3.8, 4) is 0 Å². The summed E-state index contributed by atoms with van der Waals surface area (Å²) in [5, 5.41) is 9.82. The number of H-pyrrole nitrogens is 1. The van der Waals surface area contributed by atoms with E-state index in [1.807, 2.05) is 0 Å². The molecule has 0 saturated carbocycles. The summed E-state index contributed by atoms with van der Waals surface area (Å²) >= 11 is 0. The third-order valence-electron chi connectivity index (χ3n) is 3.35. The minimum absolute atomic E-state index is 0.296. The molecule has 2 N–H and O–H groups in total. The van der Waals surface area contributed by atoms with Crippen LogP contribution in [0.3, 0.4) is 0 Å². The highest BCUT2D eigenvalue weighted by atomic mass is 32.2. The van der Waals surface area contributed by atoms with E-state index in [0.717, 1.165) is 19.4 Å². The van der Waals surface area contributed by atoms with Gasteiger partial charge in [0.15, 0.2) is 0 Å². The summed E-state index contributed by atoms with van der Waals surface area (Å²) in [6.45, 7) is 5.87. The Kier molecular flexibility index (Phi) is 4.04. The number of hydrogen-bond acceptors (Lipinski definition) is 4. The molecule has 1 aliphatic heterocycles. The number of nitrogens with one attached hydrogen (secondary N) is 2. The Morgan fingerprint density at radius 3 is 2.67 bits per heavy atom. The van der Waals surface area contributed by atoms with E-state index in [2.05, 4.69) is 22.4 Å². The average Bonchev–Trinajstić information content (AvgIpc) is 2.77.